The van der Waals surface area contributed by atoms with E-state index in [4.69, 9.17) is 5.73 Å². The van der Waals surface area contributed by atoms with E-state index in [1.165, 1.54) is 0 Å². The van der Waals surface area contributed by atoms with E-state index in [0.29, 0.717) is 19.6 Å². The van der Waals surface area contributed by atoms with Crippen LogP contribution in [0.15, 0.2) is 0 Å². The average Bonchev–Trinajstić information content (AvgIpc) is 2.79. The zero-order valence-corrected chi connectivity index (χ0v) is 10.4. The summed E-state index contributed by atoms with van der Waals surface area (Å²) in [5, 5.41) is 2.68. The third kappa shape index (κ3) is 5.14. The minimum Gasteiger partial charge on any atom is -0.354 e. The number of rotatable bonds is 6. The minimum atomic E-state index is -0.0906. The lowest BCUT2D eigenvalue weighted by Crippen LogP contribution is -2.42. The van der Waals surface area contributed by atoms with Crippen molar-refractivity contribution in [1.82, 2.24) is 15.1 Å². The average molecular weight is 242 g/mol. The maximum atomic E-state index is 11.8. The summed E-state index contributed by atoms with van der Waals surface area (Å²) in [7, 11) is 1.77. The molecular weight excluding hydrogens is 220 g/mol. The number of nitrogens with two attached hydrogens (primary N) is 1. The zero-order chi connectivity index (χ0) is 12.7. The second kappa shape index (κ2) is 7.24. The van der Waals surface area contributed by atoms with Crippen LogP contribution in [-0.2, 0) is 9.59 Å². The number of nitrogens with zero attached hydrogens (tertiary/aromatic N) is 2. The number of hydrogen-bond donors (Lipinski definition) is 2. The summed E-state index contributed by atoms with van der Waals surface area (Å²) >= 11 is 0. The van der Waals surface area contributed by atoms with Crippen LogP contribution >= 0.6 is 0 Å². The summed E-state index contributed by atoms with van der Waals surface area (Å²) in [5.74, 6) is 0.0174. The van der Waals surface area contributed by atoms with E-state index in [1.54, 1.807) is 11.9 Å². The van der Waals surface area contributed by atoms with Gasteiger partial charge in [-0.2, -0.15) is 0 Å². The van der Waals surface area contributed by atoms with Gasteiger partial charge in [-0.15, -0.1) is 0 Å². The first-order valence-corrected chi connectivity index (χ1v) is 6.06. The lowest BCUT2D eigenvalue weighted by Gasteiger charge is -2.20. The number of carbonyl (C=O) groups is 2. The molecule has 1 rings (SSSR count). The van der Waals surface area contributed by atoms with Crippen molar-refractivity contribution in [1.29, 1.82) is 0 Å². The Balaban J connectivity index is 2.21. The van der Waals surface area contributed by atoms with E-state index in [0.717, 1.165) is 25.9 Å². The van der Waals surface area contributed by atoms with Crippen LogP contribution in [0.3, 0.4) is 0 Å². The van der Waals surface area contributed by atoms with Crippen LogP contribution in [0.4, 0.5) is 0 Å². The van der Waals surface area contributed by atoms with Crippen molar-refractivity contribution in [2.75, 3.05) is 46.3 Å². The molecule has 0 aromatic heterocycles. The van der Waals surface area contributed by atoms with Crippen molar-refractivity contribution in [3.63, 3.8) is 0 Å². The van der Waals surface area contributed by atoms with Crippen LogP contribution < -0.4 is 11.1 Å². The Morgan fingerprint density at radius 1 is 1.29 bits per heavy atom. The van der Waals surface area contributed by atoms with Gasteiger partial charge in [0, 0.05) is 26.2 Å². The van der Waals surface area contributed by atoms with Crippen LogP contribution in [0, 0.1) is 0 Å². The maximum Gasteiger partial charge on any atom is 0.236 e. The first kappa shape index (κ1) is 13.9. The van der Waals surface area contributed by atoms with Crippen molar-refractivity contribution >= 4 is 11.8 Å². The molecule has 0 atom stereocenters. The lowest BCUT2D eigenvalue weighted by molar-refractivity contribution is -0.131. The number of nitrogens with one attached hydrogen (secondary N) is 1. The van der Waals surface area contributed by atoms with Crippen molar-refractivity contribution < 1.29 is 9.59 Å². The molecule has 0 aromatic carbocycles. The van der Waals surface area contributed by atoms with Gasteiger partial charge in [0.25, 0.3) is 0 Å². The van der Waals surface area contributed by atoms with Crippen LogP contribution in [0.1, 0.15) is 12.8 Å². The summed E-state index contributed by atoms with van der Waals surface area (Å²) in [4.78, 5) is 26.7. The molecule has 0 unspecified atom stereocenters. The van der Waals surface area contributed by atoms with E-state index < -0.39 is 0 Å². The Labute approximate surface area is 102 Å². The van der Waals surface area contributed by atoms with Gasteiger partial charge in [-0.3, -0.25) is 14.5 Å². The van der Waals surface area contributed by atoms with Gasteiger partial charge in [0.05, 0.1) is 13.1 Å². The number of carbonyl (C=O) groups excluding carboxylic acids is 2. The maximum absolute atomic E-state index is 11.8. The summed E-state index contributed by atoms with van der Waals surface area (Å²) in [5.41, 5.74) is 5.28. The Morgan fingerprint density at radius 3 is 2.53 bits per heavy atom. The largest absolute Gasteiger partial charge is 0.354 e. The highest BCUT2D eigenvalue weighted by Crippen LogP contribution is 2.07. The second-order valence-electron chi connectivity index (χ2n) is 4.40. The topological polar surface area (TPSA) is 78.7 Å². The molecule has 6 heteroatoms. The molecule has 98 valence electrons. The lowest BCUT2D eigenvalue weighted by atomic mass is 10.4. The molecule has 1 aliphatic rings. The van der Waals surface area contributed by atoms with Crippen molar-refractivity contribution in [3.8, 4) is 0 Å². The molecule has 1 aliphatic heterocycles. The Hall–Kier alpha value is -1.14. The first-order valence-electron chi connectivity index (χ1n) is 6.06. The van der Waals surface area contributed by atoms with Gasteiger partial charge in [-0.05, 0) is 19.9 Å². The molecule has 1 fully saturated rings. The monoisotopic (exact) mass is 242 g/mol. The molecule has 1 saturated heterocycles. The molecule has 0 aliphatic carbocycles. The highest BCUT2D eigenvalue weighted by molar-refractivity contribution is 5.81. The van der Waals surface area contributed by atoms with Gasteiger partial charge in [0.15, 0.2) is 0 Å². The molecule has 0 saturated carbocycles. The summed E-state index contributed by atoms with van der Waals surface area (Å²) < 4.78 is 0. The third-order valence-electron chi connectivity index (χ3n) is 2.74. The van der Waals surface area contributed by atoms with Crippen molar-refractivity contribution in [3.05, 3.63) is 0 Å². The quantitative estimate of drug-likeness (QED) is 0.601. The van der Waals surface area contributed by atoms with Crippen LogP contribution in [-0.4, -0.2) is 67.9 Å². The highest BCUT2D eigenvalue weighted by atomic mass is 16.2. The Bertz CT molecular complexity index is 264. The van der Waals surface area contributed by atoms with E-state index >= 15 is 0 Å². The third-order valence-corrected chi connectivity index (χ3v) is 2.74. The summed E-state index contributed by atoms with van der Waals surface area (Å²) in [6, 6.07) is 0. The smallest absolute Gasteiger partial charge is 0.236 e. The molecule has 0 radical (unpaired) electrons. The minimum absolute atomic E-state index is 0.0906. The van der Waals surface area contributed by atoms with Gasteiger partial charge >= 0.3 is 0 Å². The Morgan fingerprint density at radius 2 is 1.94 bits per heavy atom. The molecule has 17 heavy (non-hydrogen) atoms. The molecular formula is C11H22N4O2. The van der Waals surface area contributed by atoms with Gasteiger partial charge in [0.1, 0.15) is 0 Å². The second-order valence-corrected chi connectivity index (χ2v) is 4.40. The zero-order valence-electron chi connectivity index (χ0n) is 10.4. The molecule has 0 aromatic rings. The number of amides is 2. The fraction of sp³-hybridized carbons (Fsp3) is 0.818. The summed E-state index contributed by atoms with van der Waals surface area (Å²) in [6.45, 7) is 3.16. The van der Waals surface area contributed by atoms with Gasteiger partial charge in [-0.25, -0.2) is 0 Å². The summed E-state index contributed by atoms with van der Waals surface area (Å²) in [6.07, 6.45) is 2.18. The van der Waals surface area contributed by atoms with Crippen LogP contribution in [0.5, 0.6) is 0 Å². The molecule has 2 amide bonds. The molecule has 0 bridgehead atoms. The molecule has 0 spiro atoms. The molecule has 6 nitrogen and oxygen atoms in total. The highest BCUT2D eigenvalue weighted by Gasteiger charge is 2.19. The normalized spacial score (nSPS) is 15.4. The van der Waals surface area contributed by atoms with Crippen LogP contribution in [0.2, 0.25) is 0 Å². The van der Waals surface area contributed by atoms with E-state index in [1.807, 2.05) is 4.90 Å². The van der Waals surface area contributed by atoms with Gasteiger partial charge < -0.3 is 16.0 Å². The standard InChI is InChI=1S/C11H22N4O2/c1-14(8-10(16)13-5-4-12)9-11(17)15-6-2-3-7-15/h2-9,12H2,1H3,(H,13,16). The number of likely N-dealkylation sites (tertiary alicyclic amines) is 1. The SMILES string of the molecule is CN(CC(=O)NCCN)CC(=O)N1CCCC1. The van der Waals surface area contributed by atoms with E-state index in [9.17, 15) is 9.59 Å². The van der Waals surface area contributed by atoms with Crippen LogP contribution in [0.25, 0.3) is 0 Å². The fourth-order valence-corrected chi connectivity index (χ4v) is 1.87. The van der Waals surface area contributed by atoms with E-state index in [-0.39, 0.29) is 18.4 Å². The predicted octanol–water partition coefficient (Wildman–Crippen LogP) is -1.38. The van der Waals surface area contributed by atoms with E-state index in [2.05, 4.69) is 5.32 Å². The fourth-order valence-electron chi connectivity index (χ4n) is 1.87. The predicted molar refractivity (Wildman–Crippen MR) is 65.4 cm³/mol. The van der Waals surface area contributed by atoms with Gasteiger partial charge in [-0.1, -0.05) is 0 Å². The van der Waals surface area contributed by atoms with Crippen molar-refractivity contribution in [2.24, 2.45) is 5.73 Å². The molecule has 3 N–H and O–H groups in total. The molecule has 1 heterocycles. The van der Waals surface area contributed by atoms with Crippen molar-refractivity contribution in [2.45, 2.75) is 12.8 Å². The number of hydrogen-bond acceptors (Lipinski definition) is 4. The number of likely N-dealkylation sites (N-methyl/N-ethyl adjacent to an activating group) is 1. The first-order chi connectivity index (χ1) is 8.13. The Kier molecular flexibility index (Phi) is 5.93. The van der Waals surface area contributed by atoms with Gasteiger partial charge in [0.2, 0.25) is 11.8 Å².